The van der Waals surface area contributed by atoms with E-state index in [4.69, 9.17) is 23.2 Å². The summed E-state index contributed by atoms with van der Waals surface area (Å²) in [6, 6.07) is 8.78. The average Bonchev–Trinajstić information content (AvgIpc) is 3.41. The van der Waals surface area contributed by atoms with Crippen LogP contribution >= 0.6 is 23.2 Å². The minimum absolute atomic E-state index is 0.0874. The van der Waals surface area contributed by atoms with Crippen LogP contribution in [0.3, 0.4) is 0 Å². The van der Waals surface area contributed by atoms with Crippen LogP contribution in [-0.2, 0) is 4.79 Å². The van der Waals surface area contributed by atoms with Gasteiger partial charge in [-0.2, -0.15) is 0 Å². The lowest BCUT2D eigenvalue weighted by molar-refractivity contribution is -0.110. The molecule has 5 rings (SSSR count). The first-order chi connectivity index (χ1) is 16.8. The molecule has 0 saturated carbocycles. The number of nitrogens with zero attached hydrogens (tertiary/aromatic N) is 2. The number of fused-ring (bicyclic) bond motifs is 1. The maximum atomic E-state index is 14.5. The van der Waals surface area contributed by atoms with Crippen LogP contribution in [0.25, 0.3) is 11.1 Å². The number of H-pyrrole nitrogens is 1. The second-order valence-electron chi connectivity index (χ2n) is 8.95. The van der Waals surface area contributed by atoms with Crippen molar-refractivity contribution in [2.24, 2.45) is 0 Å². The van der Waals surface area contributed by atoms with Crippen LogP contribution in [0.5, 0.6) is 0 Å². The standard InChI is InChI=1S/C26H26Cl2FN5O/c1-3-34-8-6-15(7-9-34)32-16-4-5-22-18(10-16)24(26(35)33-22)23(25-30-13-14(2)31-25)17-11-21(29)20(28)12-19(17)27/h4-5,10-13,15,32H,3,6-9H2,1-2H3,(H,30,31)(H,33,35)/b24-23-. The van der Waals surface area contributed by atoms with Gasteiger partial charge in [-0.1, -0.05) is 30.1 Å². The Labute approximate surface area is 213 Å². The molecule has 1 amide bonds. The van der Waals surface area contributed by atoms with Gasteiger partial charge in [0.05, 0.1) is 21.3 Å². The SMILES string of the molecule is CCN1CCC(Nc2ccc3c(c2)/C(=C(/c2nc(C)c[nH]2)c2cc(F)c(Cl)cc2Cl)C(=O)N3)CC1. The summed E-state index contributed by atoms with van der Waals surface area (Å²) in [5.74, 6) is -0.502. The van der Waals surface area contributed by atoms with Gasteiger partial charge in [-0.15, -0.1) is 0 Å². The first kappa shape index (κ1) is 23.9. The Kier molecular flexibility index (Phi) is 6.57. The number of aromatic nitrogens is 2. The molecule has 35 heavy (non-hydrogen) atoms. The van der Waals surface area contributed by atoms with Crippen molar-refractivity contribution >= 4 is 51.6 Å². The molecule has 3 N–H and O–H groups in total. The lowest BCUT2D eigenvalue weighted by Gasteiger charge is -2.32. The van der Waals surface area contributed by atoms with E-state index in [1.54, 1.807) is 6.20 Å². The van der Waals surface area contributed by atoms with E-state index in [0.29, 0.717) is 39.8 Å². The summed E-state index contributed by atoms with van der Waals surface area (Å²) in [5, 5.41) is 6.69. The number of rotatable bonds is 5. The van der Waals surface area contributed by atoms with Crippen LogP contribution in [0, 0.1) is 12.7 Å². The number of amides is 1. The van der Waals surface area contributed by atoms with Gasteiger partial charge in [0.1, 0.15) is 11.6 Å². The highest BCUT2D eigenvalue weighted by molar-refractivity contribution is 6.40. The fraction of sp³-hybridized carbons (Fsp3) is 0.308. The summed E-state index contributed by atoms with van der Waals surface area (Å²) in [6.45, 7) is 7.21. The van der Waals surface area contributed by atoms with E-state index in [-0.39, 0.29) is 16.0 Å². The van der Waals surface area contributed by atoms with Gasteiger partial charge < -0.3 is 20.5 Å². The van der Waals surface area contributed by atoms with Gasteiger partial charge in [0, 0.05) is 53.4 Å². The van der Waals surface area contributed by atoms with Crippen molar-refractivity contribution in [1.29, 1.82) is 0 Å². The predicted octanol–water partition coefficient (Wildman–Crippen LogP) is 5.97. The number of anilines is 2. The molecule has 0 spiro atoms. The van der Waals surface area contributed by atoms with Gasteiger partial charge in [0.15, 0.2) is 0 Å². The molecule has 0 bridgehead atoms. The second-order valence-corrected chi connectivity index (χ2v) is 9.77. The van der Waals surface area contributed by atoms with E-state index in [1.807, 2.05) is 25.1 Å². The van der Waals surface area contributed by atoms with Crippen molar-refractivity contribution in [2.75, 3.05) is 30.3 Å². The number of aryl methyl sites for hydroxylation is 1. The van der Waals surface area contributed by atoms with Crippen molar-refractivity contribution in [3.05, 3.63) is 75.0 Å². The Morgan fingerprint density at radius 1 is 1.20 bits per heavy atom. The zero-order valence-electron chi connectivity index (χ0n) is 19.5. The highest BCUT2D eigenvalue weighted by Gasteiger charge is 2.31. The Morgan fingerprint density at radius 2 is 1.97 bits per heavy atom. The zero-order valence-corrected chi connectivity index (χ0v) is 21.0. The summed E-state index contributed by atoms with van der Waals surface area (Å²) in [6.07, 6.45) is 3.84. The normalized spacial score (nSPS) is 17.9. The molecular formula is C26H26Cl2FN5O. The summed E-state index contributed by atoms with van der Waals surface area (Å²) in [5.41, 5.74) is 4.19. The largest absolute Gasteiger partial charge is 0.382 e. The monoisotopic (exact) mass is 513 g/mol. The fourth-order valence-electron chi connectivity index (χ4n) is 4.77. The van der Waals surface area contributed by atoms with Crippen molar-refractivity contribution in [2.45, 2.75) is 32.7 Å². The number of halogens is 3. The van der Waals surface area contributed by atoms with Gasteiger partial charge in [-0.25, -0.2) is 9.37 Å². The molecule has 2 aromatic carbocycles. The van der Waals surface area contributed by atoms with Crippen molar-refractivity contribution in [3.63, 3.8) is 0 Å². The zero-order chi connectivity index (χ0) is 24.7. The van der Waals surface area contributed by atoms with Crippen LogP contribution in [0.15, 0.2) is 36.5 Å². The number of piperidine rings is 1. The third kappa shape index (κ3) is 4.68. The molecule has 6 nitrogen and oxygen atoms in total. The maximum Gasteiger partial charge on any atom is 0.257 e. The van der Waals surface area contributed by atoms with Crippen LogP contribution < -0.4 is 10.6 Å². The lowest BCUT2D eigenvalue weighted by Crippen LogP contribution is -2.38. The van der Waals surface area contributed by atoms with Gasteiger partial charge in [-0.3, -0.25) is 4.79 Å². The average molecular weight is 514 g/mol. The smallest absolute Gasteiger partial charge is 0.257 e. The summed E-state index contributed by atoms with van der Waals surface area (Å²) in [7, 11) is 0. The molecule has 2 aliphatic rings. The highest BCUT2D eigenvalue weighted by atomic mass is 35.5. The molecule has 1 aromatic heterocycles. The van der Waals surface area contributed by atoms with Crippen molar-refractivity contribution in [1.82, 2.24) is 14.9 Å². The molecule has 0 unspecified atom stereocenters. The molecule has 0 radical (unpaired) electrons. The van der Waals surface area contributed by atoms with E-state index in [0.717, 1.165) is 43.9 Å². The quantitative estimate of drug-likeness (QED) is 0.290. The molecule has 9 heteroatoms. The van der Waals surface area contributed by atoms with Crippen LogP contribution in [0.2, 0.25) is 10.0 Å². The van der Waals surface area contributed by atoms with E-state index in [2.05, 4.69) is 32.4 Å². The van der Waals surface area contributed by atoms with Crippen LogP contribution in [-0.4, -0.2) is 46.5 Å². The molecule has 0 aliphatic carbocycles. The summed E-state index contributed by atoms with van der Waals surface area (Å²) >= 11 is 12.5. The predicted molar refractivity (Wildman–Crippen MR) is 139 cm³/mol. The number of benzene rings is 2. The second kappa shape index (κ2) is 9.64. The molecule has 3 aromatic rings. The van der Waals surface area contributed by atoms with Crippen molar-refractivity contribution < 1.29 is 9.18 Å². The summed E-state index contributed by atoms with van der Waals surface area (Å²) in [4.78, 5) is 23.3. The molecule has 182 valence electrons. The van der Waals surface area contributed by atoms with Gasteiger partial charge >= 0.3 is 0 Å². The van der Waals surface area contributed by atoms with Gasteiger partial charge in [0.25, 0.3) is 5.91 Å². The first-order valence-corrected chi connectivity index (χ1v) is 12.5. The van der Waals surface area contributed by atoms with E-state index < -0.39 is 5.82 Å². The Balaban J connectivity index is 1.61. The number of carbonyl (C=O) groups is 1. The molecule has 1 fully saturated rings. The first-order valence-electron chi connectivity index (χ1n) is 11.7. The van der Waals surface area contributed by atoms with Crippen LogP contribution in [0.4, 0.5) is 15.8 Å². The Morgan fingerprint density at radius 3 is 2.66 bits per heavy atom. The summed E-state index contributed by atoms with van der Waals surface area (Å²) < 4.78 is 14.5. The molecule has 3 heterocycles. The van der Waals surface area contributed by atoms with E-state index in [1.165, 1.54) is 12.1 Å². The molecule has 0 atom stereocenters. The van der Waals surface area contributed by atoms with Crippen molar-refractivity contribution in [3.8, 4) is 0 Å². The van der Waals surface area contributed by atoms with Crippen LogP contribution in [0.1, 0.15) is 42.4 Å². The topological polar surface area (TPSA) is 73.0 Å². The molecular weight excluding hydrogens is 488 g/mol. The maximum absolute atomic E-state index is 14.5. The number of hydrogen-bond acceptors (Lipinski definition) is 4. The number of nitrogens with one attached hydrogen (secondary N) is 3. The van der Waals surface area contributed by atoms with Gasteiger partial charge in [0.2, 0.25) is 0 Å². The number of hydrogen-bond donors (Lipinski definition) is 3. The third-order valence-electron chi connectivity index (χ3n) is 6.64. The molecule has 1 saturated heterocycles. The number of imidazole rings is 1. The van der Waals surface area contributed by atoms with E-state index >= 15 is 0 Å². The van der Waals surface area contributed by atoms with E-state index in [9.17, 15) is 9.18 Å². The molecule has 2 aliphatic heterocycles. The third-order valence-corrected chi connectivity index (χ3v) is 7.24. The highest BCUT2D eigenvalue weighted by Crippen LogP contribution is 2.43. The minimum Gasteiger partial charge on any atom is -0.382 e. The van der Waals surface area contributed by atoms with Gasteiger partial charge in [-0.05, 0) is 56.6 Å². The lowest BCUT2D eigenvalue weighted by atomic mass is 9.94. The number of likely N-dealkylation sites (tertiary alicyclic amines) is 1. The minimum atomic E-state index is -0.625. The number of carbonyl (C=O) groups excluding carboxylic acids is 1. The Hall–Kier alpha value is -2.87. The Bertz CT molecular complexity index is 1330. The fourth-order valence-corrected chi connectivity index (χ4v) is 5.25. The number of aromatic amines is 1.